The van der Waals surface area contributed by atoms with Crippen molar-refractivity contribution >= 4 is 17.8 Å². The number of primary amides is 1. The van der Waals surface area contributed by atoms with Crippen LogP contribution in [0.4, 0.5) is 5.95 Å². The Balaban J connectivity index is 2.19. The summed E-state index contributed by atoms with van der Waals surface area (Å²) in [7, 11) is 0. The van der Waals surface area contributed by atoms with E-state index in [1.165, 1.54) is 24.5 Å². The molecule has 0 aliphatic heterocycles. The Morgan fingerprint density at radius 2 is 1.72 bits per heavy atom. The minimum absolute atomic E-state index is 0.201. The first-order valence-corrected chi connectivity index (χ1v) is 5.15. The van der Waals surface area contributed by atoms with Crippen LogP contribution in [-0.4, -0.2) is 21.8 Å². The molecule has 6 nitrogen and oxygen atoms in total. The average molecular weight is 242 g/mol. The molecule has 0 saturated heterocycles. The van der Waals surface area contributed by atoms with Gasteiger partial charge in [-0.25, -0.2) is 9.97 Å². The lowest BCUT2D eigenvalue weighted by Gasteiger charge is -2.04. The fourth-order valence-electron chi connectivity index (χ4n) is 1.35. The lowest BCUT2D eigenvalue weighted by molar-refractivity contribution is 0.1000. The third-order valence-electron chi connectivity index (χ3n) is 2.20. The van der Waals surface area contributed by atoms with Crippen LogP contribution in [0.3, 0.4) is 0 Å². The molecule has 1 heterocycles. The largest absolute Gasteiger partial charge is 0.366 e. The van der Waals surface area contributed by atoms with E-state index in [1.54, 1.807) is 18.2 Å². The van der Waals surface area contributed by atoms with Gasteiger partial charge in [0.05, 0.1) is 0 Å². The van der Waals surface area contributed by atoms with Crippen molar-refractivity contribution in [1.29, 1.82) is 0 Å². The Kier molecular flexibility index (Phi) is 3.29. The second-order valence-corrected chi connectivity index (χ2v) is 3.47. The van der Waals surface area contributed by atoms with Gasteiger partial charge in [0.1, 0.15) is 0 Å². The number of benzene rings is 1. The molecule has 1 aromatic heterocycles. The number of amides is 2. The van der Waals surface area contributed by atoms with Crippen molar-refractivity contribution in [3.8, 4) is 0 Å². The predicted molar refractivity (Wildman–Crippen MR) is 64.9 cm³/mol. The van der Waals surface area contributed by atoms with E-state index in [0.717, 1.165) is 0 Å². The summed E-state index contributed by atoms with van der Waals surface area (Å²) < 4.78 is 0. The highest BCUT2D eigenvalue weighted by atomic mass is 16.2. The van der Waals surface area contributed by atoms with E-state index < -0.39 is 11.8 Å². The Morgan fingerprint density at radius 1 is 1.06 bits per heavy atom. The third kappa shape index (κ3) is 2.67. The molecular weight excluding hydrogens is 232 g/mol. The van der Waals surface area contributed by atoms with E-state index in [0.29, 0.717) is 5.56 Å². The van der Waals surface area contributed by atoms with Crippen molar-refractivity contribution in [3.05, 3.63) is 53.9 Å². The van der Waals surface area contributed by atoms with E-state index in [2.05, 4.69) is 15.3 Å². The zero-order valence-corrected chi connectivity index (χ0v) is 9.33. The molecule has 0 bridgehead atoms. The average Bonchev–Trinajstić information content (AvgIpc) is 2.40. The molecule has 0 aliphatic rings. The van der Waals surface area contributed by atoms with Crippen LogP contribution in [0, 0.1) is 0 Å². The number of anilines is 1. The van der Waals surface area contributed by atoms with E-state index in [-0.39, 0.29) is 11.5 Å². The molecule has 0 fully saturated rings. The normalized spacial score (nSPS) is 9.78. The van der Waals surface area contributed by atoms with Crippen LogP contribution in [0.15, 0.2) is 42.7 Å². The summed E-state index contributed by atoms with van der Waals surface area (Å²) in [6.45, 7) is 0. The summed E-state index contributed by atoms with van der Waals surface area (Å²) in [6.07, 6.45) is 3.03. The fraction of sp³-hybridized carbons (Fsp3) is 0. The highest BCUT2D eigenvalue weighted by Crippen LogP contribution is 2.07. The lowest BCUT2D eigenvalue weighted by Crippen LogP contribution is -2.16. The van der Waals surface area contributed by atoms with Crippen LogP contribution in [0.2, 0.25) is 0 Å². The zero-order chi connectivity index (χ0) is 13.0. The number of carbonyl (C=O) groups excluding carboxylic acids is 2. The predicted octanol–water partition coefficient (Wildman–Crippen LogP) is 0.828. The van der Waals surface area contributed by atoms with E-state index in [4.69, 9.17) is 5.73 Å². The zero-order valence-electron chi connectivity index (χ0n) is 9.33. The third-order valence-corrected chi connectivity index (χ3v) is 2.20. The molecule has 2 aromatic rings. The van der Waals surface area contributed by atoms with Crippen molar-refractivity contribution in [2.24, 2.45) is 5.73 Å². The minimum Gasteiger partial charge on any atom is -0.366 e. The summed E-state index contributed by atoms with van der Waals surface area (Å²) >= 11 is 0. The number of nitrogens with one attached hydrogen (secondary N) is 1. The van der Waals surface area contributed by atoms with Crippen molar-refractivity contribution in [2.45, 2.75) is 0 Å². The Hall–Kier alpha value is -2.76. The molecule has 0 spiro atoms. The molecule has 0 atom stereocenters. The second-order valence-electron chi connectivity index (χ2n) is 3.47. The first kappa shape index (κ1) is 11.7. The summed E-state index contributed by atoms with van der Waals surface area (Å²) in [5.41, 5.74) is 5.73. The van der Waals surface area contributed by atoms with Crippen LogP contribution in [0.5, 0.6) is 0 Å². The van der Waals surface area contributed by atoms with Gasteiger partial charge in [-0.15, -0.1) is 0 Å². The van der Waals surface area contributed by atoms with Gasteiger partial charge in [0, 0.05) is 23.5 Å². The summed E-state index contributed by atoms with van der Waals surface area (Å²) in [5.74, 6) is -0.781. The molecule has 2 amide bonds. The van der Waals surface area contributed by atoms with Crippen LogP contribution in [0.25, 0.3) is 0 Å². The van der Waals surface area contributed by atoms with Crippen LogP contribution >= 0.6 is 0 Å². The van der Waals surface area contributed by atoms with Crippen molar-refractivity contribution in [3.63, 3.8) is 0 Å². The second kappa shape index (κ2) is 5.05. The molecule has 0 saturated carbocycles. The standard InChI is InChI=1S/C12H10N4O2/c13-10(17)8-3-1-4-9(7-8)11(18)16-12-14-5-2-6-15-12/h1-7H,(H2,13,17)(H,14,15,16,18). The number of hydrogen-bond donors (Lipinski definition) is 2. The van der Waals surface area contributed by atoms with Gasteiger partial charge < -0.3 is 5.73 Å². The highest BCUT2D eigenvalue weighted by Gasteiger charge is 2.09. The molecule has 1 aromatic carbocycles. The highest BCUT2D eigenvalue weighted by molar-refractivity contribution is 6.05. The summed E-state index contributed by atoms with van der Waals surface area (Å²) in [6, 6.07) is 7.76. The number of rotatable bonds is 3. The molecule has 0 aliphatic carbocycles. The van der Waals surface area contributed by atoms with E-state index in [1.807, 2.05) is 0 Å². The quantitative estimate of drug-likeness (QED) is 0.832. The molecule has 3 N–H and O–H groups in total. The Labute approximate surface area is 103 Å². The molecule has 2 rings (SSSR count). The van der Waals surface area contributed by atoms with E-state index >= 15 is 0 Å². The van der Waals surface area contributed by atoms with Crippen molar-refractivity contribution < 1.29 is 9.59 Å². The Morgan fingerprint density at radius 3 is 2.39 bits per heavy atom. The molecule has 6 heteroatoms. The maximum Gasteiger partial charge on any atom is 0.258 e. The van der Waals surface area contributed by atoms with Gasteiger partial charge in [0.2, 0.25) is 11.9 Å². The lowest BCUT2D eigenvalue weighted by atomic mass is 10.1. The number of hydrogen-bond acceptors (Lipinski definition) is 4. The first-order chi connectivity index (χ1) is 8.66. The van der Waals surface area contributed by atoms with Crippen LogP contribution in [-0.2, 0) is 0 Å². The topological polar surface area (TPSA) is 98.0 Å². The van der Waals surface area contributed by atoms with Gasteiger partial charge in [-0.1, -0.05) is 6.07 Å². The maximum absolute atomic E-state index is 11.8. The summed E-state index contributed by atoms with van der Waals surface area (Å²) in [4.78, 5) is 30.6. The van der Waals surface area contributed by atoms with Crippen LogP contribution in [0.1, 0.15) is 20.7 Å². The first-order valence-electron chi connectivity index (χ1n) is 5.15. The van der Waals surface area contributed by atoms with Gasteiger partial charge in [0.25, 0.3) is 5.91 Å². The molecule has 0 radical (unpaired) electrons. The van der Waals surface area contributed by atoms with Crippen molar-refractivity contribution in [1.82, 2.24) is 9.97 Å². The monoisotopic (exact) mass is 242 g/mol. The number of nitrogens with two attached hydrogens (primary N) is 1. The maximum atomic E-state index is 11.8. The molecule has 0 unspecified atom stereocenters. The van der Waals surface area contributed by atoms with Gasteiger partial charge in [-0.3, -0.25) is 14.9 Å². The van der Waals surface area contributed by atoms with Gasteiger partial charge in [-0.2, -0.15) is 0 Å². The van der Waals surface area contributed by atoms with Gasteiger partial charge in [-0.05, 0) is 24.3 Å². The summed E-state index contributed by atoms with van der Waals surface area (Å²) in [5, 5.41) is 2.51. The fourth-order valence-corrected chi connectivity index (χ4v) is 1.35. The van der Waals surface area contributed by atoms with Gasteiger partial charge >= 0.3 is 0 Å². The Bertz CT molecular complexity index is 584. The number of nitrogens with zero attached hydrogens (tertiary/aromatic N) is 2. The number of carbonyl (C=O) groups is 2. The molecule has 18 heavy (non-hydrogen) atoms. The van der Waals surface area contributed by atoms with Crippen LogP contribution < -0.4 is 11.1 Å². The minimum atomic E-state index is -0.583. The van der Waals surface area contributed by atoms with E-state index in [9.17, 15) is 9.59 Å². The molecule has 90 valence electrons. The van der Waals surface area contributed by atoms with Gasteiger partial charge in [0.15, 0.2) is 0 Å². The number of aromatic nitrogens is 2. The SMILES string of the molecule is NC(=O)c1cccc(C(=O)Nc2ncccn2)c1. The molecular formula is C12H10N4O2. The smallest absolute Gasteiger partial charge is 0.258 e. The van der Waals surface area contributed by atoms with Crippen molar-refractivity contribution in [2.75, 3.05) is 5.32 Å².